The lowest BCUT2D eigenvalue weighted by atomic mass is 10.4. The van der Waals surface area contributed by atoms with Gasteiger partial charge in [0.15, 0.2) is 0 Å². The molecule has 0 fully saturated rings. The summed E-state index contributed by atoms with van der Waals surface area (Å²) in [5.74, 6) is 0.101. The first-order valence-electron chi connectivity index (χ1n) is 4.97. The van der Waals surface area contributed by atoms with Gasteiger partial charge in [0.05, 0.1) is 22.7 Å². The monoisotopic (exact) mass is 266 g/mol. The molecule has 2 aromatic rings. The molecule has 0 aliphatic heterocycles. The summed E-state index contributed by atoms with van der Waals surface area (Å²) in [7, 11) is 0. The number of hydrogen-bond acceptors (Lipinski definition) is 8. The van der Waals surface area contributed by atoms with Gasteiger partial charge in [0.2, 0.25) is 11.8 Å². The molecule has 0 saturated carbocycles. The van der Waals surface area contributed by atoms with Gasteiger partial charge >= 0.3 is 5.69 Å². The number of nitrogens with two attached hydrogens (primary N) is 1. The number of thiazole rings is 1. The first-order valence-corrected chi connectivity index (χ1v) is 5.85. The minimum atomic E-state index is -0.554. The molecule has 0 radical (unpaired) electrons. The Labute approximate surface area is 106 Å². The van der Waals surface area contributed by atoms with E-state index in [9.17, 15) is 10.1 Å². The second kappa shape index (κ2) is 4.92. The highest BCUT2D eigenvalue weighted by Gasteiger charge is 2.16. The van der Waals surface area contributed by atoms with E-state index in [0.29, 0.717) is 6.54 Å². The summed E-state index contributed by atoms with van der Waals surface area (Å²) in [4.78, 5) is 22.7. The van der Waals surface area contributed by atoms with Crippen LogP contribution in [0, 0.1) is 17.0 Å². The second-order valence-electron chi connectivity index (χ2n) is 3.43. The van der Waals surface area contributed by atoms with Crippen molar-refractivity contribution in [2.45, 2.75) is 13.5 Å². The quantitative estimate of drug-likeness (QED) is 0.632. The molecule has 8 nitrogen and oxygen atoms in total. The molecular formula is C9H10N6O2S. The van der Waals surface area contributed by atoms with Gasteiger partial charge in [0, 0.05) is 4.88 Å². The average Bonchev–Trinajstić information content (AvgIpc) is 2.72. The number of aryl methyl sites for hydroxylation is 1. The van der Waals surface area contributed by atoms with Gasteiger partial charge in [-0.25, -0.2) is 9.97 Å². The Morgan fingerprint density at radius 3 is 2.94 bits per heavy atom. The summed E-state index contributed by atoms with van der Waals surface area (Å²) < 4.78 is 0. The number of nitro groups is 1. The summed E-state index contributed by atoms with van der Waals surface area (Å²) >= 11 is 1.47. The van der Waals surface area contributed by atoms with Crippen molar-refractivity contribution in [2.24, 2.45) is 0 Å². The van der Waals surface area contributed by atoms with Gasteiger partial charge in [-0.05, 0) is 6.92 Å². The number of hydrogen-bond donors (Lipinski definition) is 2. The number of rotatable bonds is 4. The summed E-state index contributed by atoms with van der Waals surface area (Å²) in [6.07, 6.45) is 1.09. The maximum Gasteiger partial charge on any atom is 0.329 e. The molecule has 18 heavy (non-hydrogen) atoms. The number of nitrogens with zero attached hydrogens (tertiary/aromatic N) is 4. The van der Waals surface area contributed by atoms with Crippen LogP contribution in [0.5, 0.6) is 0 Å². The van der Waals surface area contributed by atoms with E-state index in [1.165, 1.54) is 11.3 Å². The van der Waals surface area contributed by atoms with Crippen LogP contribution in [0.4, 0.5) is 17.5 Å². The molecule has 0 bridgehead atoms. The first kappa shape index (κ1) is 12.2. The normalized spacial score (nSPS) is 10.3. The van der Waals surface area contributed by atoms with Gasteiger partial charge in [0.1, 0.15) is 6.20 Å². The van der Waals surface area contributed by atoms with Crippen LogP contribution in [0.25, 0.3) is 0 Å². The lowest BCUT2D eigenvalue weighted by Gasteiger charge is -2.05. The number of nitrogens with one attached hydrogen (secondary N) is 1. The molecule has 2 rings (SSSR count). The van der Waals surface area contributed by atoms with Crippen LogP contribution >= 0.6 is 11.3 Å². The second-order valence-corrected chi connectivity index (χ2v) is 4.37. The molecule has 0 amide bonds. The lowest BCUT2D eigenvalue weighted by molar-refractivity contribution is -0.384. The zero-order valence-electron chi connectivity index (χ0n) is 9.45. The molecule has 2 aromatic heterocycles. The van der Waals surface area contributed by atoms with Gasteiger partial charge in [-0.3, -0.25) is 10.1 Å². The van der Waals surface area contributed by atoms with Gasteiger partial charge in [-0.2, -0.15) is 4.98 Å². The zero-order chi connectivity index (χ0) is 13.1. The highest BCUT2D eigenvalue weighted by molar-refractivity contribution is 7.09. The molecule has 0 saturated heterocycles. The van der Waals surface area contributed by atoms with Crippen LogP contribution in [0.1, 0.15) is 10.6 Å². The highest BCUT2D eigenvalue weighted by Crippen LogP contribution is 2.22. The summed E-state index contributed by atoms with van der Waals surface area (Å²) in [6.45, 7) is 2.28. The van der Waals surface area contributed by atoms with Crippen LogP contribution in [-0.4, -0.2) is 19.9 Å². The summed E-state index contributed by atoms with van der Waals surface area (Å²) in [6, 6.07) is 0. The molecule has 0 aromatic carbocycles. The van der Waals surface area contributed by atoms with E-state index in [1.807, 2.05) is 6.92 Å². The van der Waals surface area contributed by atoms with Crippen molar-refractivity contribution in [1.82, 2.24) is 15.0 Å². The third kappa shape index (κ3) is 2.51. The first-order chi connectivity index (χ1) is 8.58. The van der Waals surface area contributed by atoms with Crippen LogP contribution in [0.3, 0.4) is 0 Å². The molecular weight excluding hydrogens is 256 g/mol. The minimum absolute atomic E-state index is 0.0101. The minimum Gasteiger partial charge on any atom is -0.368 e. The largest absolute Gasteiger partial charge is 0.368 e. The molecule has 3 N–H and O–H groups in total. The van der Waals surface area contributed by atoms with E-state index < -0.39 is 4.92 Å². The molecule has 0 spiro atoms. The smallest absolute Gasteiger partial charge is 0.329 e. The van der Waals surface area contributed by atoms with E-state index in [4.69, 9.17) is 5.73 Å². The van der Waals surface area contributed by atoms with Crippen molar-refractivity contribution < 1.29 is 4.92 Å². The van der Waals surface area contributed by atoms with E-state index in [2.05, 4.69) is 20.3 Å². The fraction of sp³-hybridized carbons (Fsp3) is 0.222. The van der Waals surface area contributed by atoms with Crippen LogP contribution < -0.4 is 11.1 Å². The average molecular weight is 266 g/mol. The fourth-order valence-corrected chi connectivity index (χ4v) is 2.03. The Hall–Kier alpha value is -2.29. The Bertz CT molecular complexity index is 584. The predicted molar refractivity (Wildman–Crippen MR) is 67.3 cm³/mol. The Kier molecular flexibility index (Phi) is 3.33. The molecule has 0 atom stereocenters. The third-order valence-electron chi connectivity index (χ3n) is 2.25. The van der Waals surface area contributed by atoms with Crippen molar-refractivity contribution >= 4 is 28.8 Å². The Morgan fingerprint density at radius 1 is 1.56 bits per heavy atom. The molecule has 2 heterocycles. The number of nitrogen functional groups attached to an aromatic ring is 1. The van der Waals surface area contributed by atoms with E-state index in [1.54, 1.807) is 5.51 Å². The number of anilines is 2. The summed E-state index contributed by atoms with van der Waals surface area (Å²) in [5, 5.41) is 13.7. The van der Waals surface area contributed by atoms with Gasteiger partial charge < -0.3 is 11.1 Å². The van der Waals surface area contributed by atoms with E-state index >= 15 is 0 Å². The third-order valence-corrected chi connectivity index (χ3v) is 3.18. The van der Waals surface area contributed by atoms with Crippen molar-refractivity contribution in [3.63, 3.8) is 0 Å². The van der Waals surface area contributed by atoms with Gasteiger partial charge in [-0.15, -0.1) is 11.3 Å². The summed E-state index contributed by atoms with van der Waals surface area (Å²) in [5.41, 5.74) is 7.81. The van der Waals surface area contributed by atoms with Crippen LogP contribution in [0.15, 0.2) is 11.7 Å². The van der Waals surface area contributed by atoms with E-state index in [-0.39, 0.29) is 17.5 Å². The lowest BCUT2D eigenvalue weighted by Crippen LogP contribution is -2.07. The van der Waals surface area contributed by atoms with Crippen molar-refractivity contribution in [3.05, 3.63) is 32.4 Å². The predicted octanol–water partition coefficient (Wildman–Crippen LogP) is 1.34. The maximum atomic E-state index is 10.8. The maximum absolute atomic E-state index is 10.8. The fourth-order valence-electron chi connectivity index (χ4n) is 1.31. The topological polar surface area (TPSA) is 120 Å². The van der Waals surface area contributed by atoms with E-state index in [0.717, 1.165) is 16.8 Å². The molecule has 94 valence electrons. The number of aromatic nitrogens is 3. The molecule has 0 unspecified atom stereocenters. The molecule has 0 aliphatic rings. The van der Waals surface area contributed by atoms with Crippen molar-refractivity contribution in [1.29, 1.82) is 0 Å². The van der Waals surface area contributed by atoms with Crippen molar-refractivity contribution in [3.8, 4) is 0 Å². The van der Waals surface area contributed by atoms with Crippen LogP contribution in [-0.2, 0) is 6.54 Å². The molecule has 9 heteroatoms. The van der Waals surface area contributed by atoms with Crippen LogP contribution in [0.2, 0.25) is 0 Å². The van der Waals surface area contributed by atoms with Gasteiger partial charge in [0.25, 0.3) is 0 Å². The standard InChI is InChI=1S/C9H10N6O2S/c1-5-7(18-4-13-5)3-11-8-6(15(16)17)2-12-9(10)14-8/h2,4H,3H2,1H3,(H3,10,11,12,14). The SMILES string of the molecule is Cc1ncsc1CNc1nc(N)ncc1[N+](=O)[O-]. The zero-order valence-corrected chi connectivity index (χ0v) is 10.3. The Balaban J connectivity index is 2.20. The Morgan fingerprint density at radius 2 is 2.33 bits per heavy atom. The van der Waals surface area contributed by atoms with Gasteiger partial charge in [-0.1, -0.05) is 0 Å². The highest BCUT2D eigenvalue weighted by atomic mass is 32.1. The molecule has 0 aliphatic carbocycles. The van der Waals surface area contributed by atoms with Crippen molar-refractivity contribution in [2.75, 3.05) is 11.1 Å².